The van der Waals surface area contributed by atoms with Gasteiger partial charge in [0, 0.05) is 17.2 Å². The summed E-state index contributed by atoms with van der Waals surface area (Å²) in [5.74, 6) is -0.598. The Morgan fingerprint density at radius 3 is 2.50 bits per heavy atom. The van der Waals surface area contributed by atoms with Crippen molar-refractivity contribution in [2.24, 2.45) is 0 Å². The van der Waals surface area contributed by atoms with Crippen molar-refractivity contribution >= 4 is 39.1 Å². The van der Waals surface area contributed by atoms with Gasteiger partial charge in [0.2, 0.25) is 4.34 Å². The maximum absolute atomic E-state index is 13.8. The van der Waals surface area contributed by atoms with Crippen molar-refractivity contribution in [2.45, 2.75) is 63.5 Å². The van der Waals surface area contributed by atoms with Gasteiger partial charge in [0.05, 0.1) is 17.8 Å². The number of nitrogens with zero attached hydrogens (tertiary/aromatic N) is 2. The summed E-state index contributed by atoms with van der Waals surface area (Å²) >= 11 is 1.05. The summed E-state index contributed by atoms with van der Waals surface area (Å²) in [5, 5.41) is 21.3. The normalized spacial score (nSPS) is 13.6. The molecule has 0 aliphatic heterocycles. The fraction of sp³-hybridized carbons (Fsp3) is 0.357. The molecule has 0 bridgehead atoms. The van der Waals surface area contributed by atoms with Gasteiger partial charge < -0.3 is 14.9 Å². The summed E-state index contributed by atoms with van der Waals surface area (Å²) < 4.78 is 35.1. The molecule has 0 radical (unpaired) electrons. The Bertz CT molecular complexity index is 1490. The number of sulfonamides is 1. The second kappa shape index (κ2) is 10.9. The molecule has 1 aliphatic carbocycles. The van der Waals surface area contributed by atoms with E-state index in [1.54, 1.807) is 26.2 Å². The first-order valence-electron chi connectivity index (χ1n) is 12.3. The van der Waals surface area contributed by atoms with E-state index in [0.717, 1.165) is 64.5 Å². The van der Waals surface area contributed by atoms with Gasteiger partial charge in [-0.3, -0.25) is 4.31 Å². The lowest BCUT2D eigenvalue weighted by atomic mass is 10.0. The lowest BCUT2D eigenvalue weighted by Crippen LogP contribution is -2.42. The topological polar surface area (TPSA) is 117 Å². The highest BCUT2D eigenvalue weighted by atomic mass is 32.2. The number of benzene rings is 2. The van der Waals surface area contributed by atoms with Gasteiger partial charge in [-0.1, -0.05) is 18.2 Å². The van der Waals surface area contributed by atoms with Crippen LogP contribution in [0.2, 0.25) is 0 Å². The molecule has 2 N–H and O–H groups in total. The number of hydrogen-bond donors (Lipinski definition) is 2. The maximum atomic E-state index is 13.8. The molecule has 10 heteroatoms. The van der Waals surface area contributed by atoms with Crippen LogP contribution in [0, 0.1) is 13.8 Å². The van der Waals surface area contributed by atoms with E-state index in [9.17, 15) is 18.3 Å². The number of aryl methyl sites for hydroxylation is 4. The molecule has 8 nitrogen and oxygen atoms in total. The molecule has 0 atom stereocenters. The highest BCUT2D eigenvalue weighted by molar-refractivity contribution is 7.94. The summed E-state index contributed by atoms with van der Waals surface area (Å²) in [6, 6.07) is 9.33. The van der Waals surface area contributed by atoms with Crippen molar-refractivity contribution in [1.29, 1.82) is 0 Å². The molecule has 0 unspecified atom stereocenters. The van der Waals surface area contributed by atoms with Crippen LogP contribution in [0.5, 0.6) is 5.75 Å². The van der Waals surface area contributed by atoms with E-state index in [-0.39, 0.29) is 17.5 Å². The summed E-state index contributed by atoms with van der Waals surface area (Å²) in [4.78, 5) is 15.1. The molecule has 1 heterocycles. The van der Waals surface area contributed by atoms with E-state index in [1.807, 2.05) is 37.3 Å². The monoisotopic (exact) mass is 556 g/mol. The molecule has 1 aromatic heterocycles. The van der Waals surface area contributed by atoms with E-state index >= 15 is 0 Å². The molecule has 0 saturated heterocycles. The molecule has 38 heavy (non-hydrogen) atoms. The Hall–Kier alpha value is -3.21. The Balaban J connectivity index is 1.73. The third kappa shape index (κ3) is 6.43. The van der Waals surface area contributed by atoms with Crippen LogP contribution < -0.4 is 9.04 Å². The number of ether oxygens (including phenoxy) is 1. The van der Waals surface area contributed by atoms with E-state index in [2.05, 4.69) is 4.98 Å². The van der Waals surface area contributed by atoms with E-state index < -0.39 is 21.6 Å². The van der Waals surface area contributed by atoms with Crippen LogP contribution >= 0.6 is 11.3 Å². The molecule has 0 spiro atoms. The quantitative estimate of drug-likeness (QED) is 0.342. The number of aliphatic carboxylic acids is 1. The lowest BCUT2D eigenvalue weighted by Gasteiger charge is -2.31. The number of rotatable bonds is 10. The Labute approximate surface area is 227 Å². The van der Waals surface area contributed by atoms with E-state index in [0.29, 0.717) is 17.1 Å². The Kier molecular flexibility index (Phi) is 7.96. The molecule has 1 aliphatic rings. The molecule has 2 aromatic carbocycles. The summed E-state index contributed by atoms with van der Waals surface area (Å²) in [6.07, 6.45) is 5.33. The van der Waals surface area contributed by atoms with Crippen molar-refractivity contribution in [3.05, 3.63) is 75.3 Å². The predicted octanol–water partition coefficient (Wildman–Crippen LogP) is 4.89. The maximum Gasteiger partial charge on any atom is 0.328 e. The zero-order valence-electron chi connectivity index (χ0n) is 21.9. The Morgan fingerprint density at radius 1 is 1.18 bits per heavy atom. The standard InChI is InChI=1S/C28H32N2O6S2/c1-18-12-20(9-11-26(31)32)8-10-23(18)15-36-25-14-22-7-5-6-21(22)13-24(25)30(17-28(3,4)33)38(34,35)27-29-19(2)16-37-27/h8-14,16,33H,5-7,15,17H2,1-4H3,(H,31,32)/b11-9+. The number of aliphatic hydroxyl groups is 1. The lowest BCUT2D eigenvalue weighted by molar-refractivity contribution is -0.131. The van der Waals surface area contributed by atoms with Gasteiger partial charge in [-0.05, 0) is 93.0 Å². The molecule has 0 amide bonds. The van der Waals surface area contributed by atoms with Gasteiger partial charge in [0.15, 0.2) is 0 Å². The molecule has 4 rings (SSSR count). The zero-order valence-corrected chi connectivity index (χ0v) is 23.5. The van der Waals surface area contributed by atoms with Crippen LogP contribution in [-0.2, 0) is 34.3 Å². The molecule has 3 aromatic rings. The van der Waals surface area contributed by atoms with Gasteiger partial charge in [0.25, 0.3) is 10.0 Å². The predicted molar refractivity (Wildman–Crippen MR) is 148 cm³/mol. The highest BCUT2D eigenvalue weighted by Gasteiger charge is 2.35. The van der Waals surface area contributed by atoms with Crippen molar-refractivity contribution in [3.63, 3.8) is 0 Å². The average Bonchev–Trinajstić information content (AvgIpc) is 3.48. The highest BCUT2D eigenvalue weighted by Crippen LogP contribution is 2.40. The van der Waals surface area contributed by atoms with Crippen LogP contribution in [0.15, 0.2) is 46.1 Å². The minimum Gasteiger partial charge on any atom is -0.487 e. The third-order valence-corrected chi connectivity index (χ3v) is 9.36. The number of anilines is 1. The average molecular weight is 557 g/mol. The molecule has 0 fully saturated rings. The van der Waals surface area contributed by atoms with Crippen molar-refractivity contribution in [2.75, 3.05) is 10.8 Å². The van der Waals surface area contributed by atoms with Gasteiger partial charge >= 0.3 is 5.97 Å². The Morgan fingerprint density at radius 2 is 1.89 bits per heavy atom. The molecular formula is C28H32N2O6S2. The minimum atomic E-state index is -4.07. The molecule has 202 valence electrons. The summed E-state index contributed by atoms with van der Waals surface area (Å²) in [7, 11) is -4.07. The number of fused-ring (bicyclic) bond motifs is 1. The van der Waals surface area contributed by atoms with Crippen LogP contribution in [0.1, 0.15) is 53.8 Å². The van der Waals surface area contributed by atoms with E-state index in [4.69, 9.17) is 9.84 Å². The number of aromatic nitrogens is 1. The summed E-state index contributed by atoms with van der Waals surface area (Å²) in [6.45, 7) is 6.81. The first-order valence-corrected chi connectivity index (χ1v) is 14.6. The van der Waals surface area contributed by atoms with Crippen LogP contribution in [0.4, 0.5) is 5.69 Å². The van der Waals surface area contributed by atoms with Crippen LogP contribution in [0.25, 0.3) is 6.08 Å². The third-order valence-electron chi connectivity index (χ3n) is 6.25. The van der Waals surface area contributed by atoms with Gasteiger partial charge in [-0.2, -0.15) is 8.42 Å². The van der Waals surface area contributed by atoms with E-state index in [1.165, 1.54) is 10.4 Å². The SMILES string of the molecule is Cc1csc(S(=O)(=O)N(CC(C)(C)O)c2cc3c(cc2OCc2ccc(/C=C/C(=O)O)cc2C)CCC3)n1. The smallest absolute Gasteiger partial charge is 0.328 e. The fourth-order valence-corrected chi connectivity index (χ4v) is 7.16. The minimum absolute atomic E-state index is 0.0356. The van der Waals surface area contributed by atoms with Crippen LogP contribution in [-0.4, -0.2) is 41.7 Å². The number of hydrogen-bond acceptors (Lipinski definition) is 7. The first-order chi connectivity index (χ1) is 17.8. The second-order valence-corrected chi connectivity index (χ2v) is 13.1. The number of carboxylic acids is 1. The summed E-state index contributed by atoms with van der Waals surface area (Å²) in [5.41, 5.74) is 4.43. The molecule has 0 saturated carbocycles. The van der Waals surface area contributed by atoms with Gasteiger partial charge in [-0.15, -0.1) is 11.3 Å². The largest absolute Gasteiger partial charge is 0.487 e. The fourth-order valence-electron chi connectivity index (χ4n) is 4.40. The van der Waals surface area contributed by atoms with Gasteiger partial charge in [-0.25, -0.2) is 9.78 Å². The van der Waals surface area contributed by atoms with Crippen molar-refractivity contribution < 1.29 is 28.2 Å². The number of carbonyl (C=O) groups is 1. The first kappa shape index (κ1) is 27.8. The second-order valence-electron chi connectivity index (χ2n) is 10.2. The van der Waals surface area contributed by atoms with Crippen molar-refractivity contribution in [1.82, 2.24) is 4.98 Å². The number of thiazole rings is 1. The van der Waals surface area contributed by atoms with Crippen molar-refractivity contribution in [3.8, 4) is 5.75 Å². The number of carboxylic acid groups (broad SMARTS) is 1. The zero-order chi connectivity index (χ0) is 27.7. The van der Waals surface area contributed by atoms with Gasteiger partial charge in [0.1, 0.15) is 12.4 Å². The molecular weight excluding hydrogens is 524 g/mol. The van der Waals surface area contributed by atoms with Crippen LogP contribution in [0.3, 0.4) is 0 Å².